The van der Waals surface area contributed by atoms with Crippen LogP contribution in [0.4, 0.5) is 0 Å². The molecule has 1 rings (SSSR count). The molecule has 0 aliphatic carbocycles. The quantitative estimate of drug-likeness (QED) is 0.620. The van der Waals surface area contributed by atoms with Gasteiger partial charge in [0.25, 0.3) is 0 Å². The molecule has 1 aliphatic heterocycles. The van der Waals surface area contributed by atoms with E-state index in [0.717, 1.165) is 7.11 Å². The number of carbonyl (C=O) groups excluding carboxylic acids is 3. The molecule has 0 aromatic rings. The van der Waals surface area contributed by atoms with Crippen molar-refractivity contribution in [3.8, 4) is 0 Å². The summed E-state index contributed by atoms with van der Waals surface area (Å²) >= 11 is 0. The summed E-state index contributed by atoms with van der Waals surface area (Å²) in [5.74, 6) is -1.23. The fourth-order valence-corrected chi connectivity index (χ4v) is 2.13. The highest BCUT2D eigenvalue weighted by molar-refractivity contribution is 5.89. The van der Waals surface area contributed by atoms with Crippen LogP contribution in [0.5, 0.6) is 0 Å². The first-order chi connectivity index (χ1) is 9.35. The van der Waals surface area contributed by atoms with Gasteiger partial charge in [0.2, 0.25) is 11.8 Å². The Morgan fingerprint density at radius 1 is 1.50 bits per heavy atom. The zero-order valence-corrected chi connectivity index (χ0v) is 12.1. The first-order valence-corrected chi connectivity index (χ1v) is 6.66. The lowest BCUT2D eigenvalue weighted by atomic mass is 10.1. The van der Waals surface area contributed by atoms with Gasteiger partial charge in [-0.05, 0) is 5.92 Å². The lowest BCUT2D eigenvalue weighted by Crippen LogP contribution is -2.40. The van der Waals surface area contributed by atoms with Crippen LogP contribution in [0.1, 0.15) is 20.3 Å². The van der Waals surface area contributed by atoms with E-state index in [0.29, 0.717) is 19.0 Å². The smallest absolute Gasteiger partial charge is 0.336 e. The molecule has 2 N–H and O–H groups in total. The Morgan fingerprint density at radius 2 is 2.15 bits per heavy atom. The molecule has 2 unspecified atom stereocenters. The molecule has 1 aliphatic rings. The minimum Gasteiger partial charge on any atom is -0.467 e. The van der Waals surface area contributed by atoms with Crippen molar-refractivity contribution in [2.75, 3.05) is 26.7 Å². The van der Waals surface area contributed by atoms with E-state index in [9.17, 15) is 19.5 Å². The third-order valence-electron chi connectivity index (χ3n) is 3.11. The summed E-state index contributed by atoms with van der Waals surface area (Å²) in [6.45, 7) is 4.83. The van der Waals surface area contributed by atoms with Crippen LogP contribution in [0.2, 0.25) is 0 Å². The molecule has 0 radical (unpaired) electrons. The van der Waals surface area contributed by atoms with Gasteiger partial charge in [0.1, 0.15) is 0 Å². The van der Waals surface area contributed by atoms with E-state index in [1.54, 1.807) is 4.90 Å². The molecule has 1 heterocycles. The normalized spacial score (nSPS) is 20.1. The van der Waals surface area contributed by atoms with E-state index < -0.39 is 18.0 Å². The molecule has 0 spiro atoms. The number of esters is 1. The number of aliphatic hydroxyl groups excluding tert-OH is 1. The number of aliphatic hydroxyl groups is 1. The Balaban J connectivity index is 2.42. The molecule has 1 fully saturated rings. The van der Waals surface area contributed by atoms with Crippen molar-refractivity contribution in [2.24, 2.45) is 11.8 Å². The molecule has 0 aromatic heterocycles. The Hall–Kier alpha value is -1.63. The first kappa shape index (κ1) is 16.4. The lowest BCUT2D eigenvalue weighted by molar-refractivity contribution is -0.150. The van der Waals surface area contributed by atoms with Crippen molar-refractivity contribution < 1.29 is 24.2 Å². The van der Waals surface area contributed by atoms with Gasteiger partial charge in [-0.1, -0.05) is 13.8 Å². The maximum atomic E-state index is 11.9. The number of likely N-dealkylation sites (tertiary alicyclic amines) is 1. The van der Waals surface area contributed by atoms with Gasteiger partial charge in [-0.15, -0.1) is 0 Å². The number of rotatable bonds is 6. The Labute approximate surface area is 118 Å². The maximum Gasteiger partial charge on any atom is 0.336 e. The van der Waals surface area contributed by atoms with Crippen LogP contribution in [0, 0.1) is 11.8 Å². The number of hydrogen-bond acceptors (Lipinski definition) is 5. The van der Waals surface area contributed by atoms with E-state index in [1.807, 2.05) is 13.8 Å². The van der Waals surface area contributed by atoms with Crippen molar-refractivity contribution in [2.45, 2.75) is 26.4 Å². The zero-order chi connectivity index (χ0) is 15.3. The third kappa shape index (κ3) is 4.48. The van der Waals surface area contributed by atoms with Crippen LogP contribution in [-0.4, -0.2) is 60.6 Å². The summed E-state index contributed by atoms with van der Waals surface area (Å²) in [6.07, 6.45) is -1.21. The number of nitrogens with zero attached hydrogens (tertiary/aromatic N) is 1. The van der Waals surface area contributed by atoms with E-state index in [1.165, 1.54) is 0 Å². The second-order valence-electron chi connectivity index (χ2n) is 5.38. The number of ether oxygens (including phenoxy) is 1. The van der Waals surface area contributed by atoms with E-state index in [-0.39, 0.29) is 24.8 Å². The Morgan fingerprint density at radius 3 is 2.70 bits per heavy atom. The van der Waals surface area contributed by atoms with Gasteiger partial charge in [0.05, 0.1) is 19.6 Å². The van der Waals surface area contributed by atoms with Crippen molar-refractivity contribution in [1.82, 2.24) is 10.2 Å². The molecular formula is C13H22N2O5. The summed E-state index contributed by atoms with van der Waals surface area (Å²) in [6, 6.07) is 0. The second-order valence-corrected chi connectivity index (χ2v) is 5.38. The van der Waals surface area contributed by atoms with Crippen molar-refractivity contribution in [3.05, 3.63) is 0 Å². The van der Waals surface area contributed by atoms with Gasteiger partial charge in [0, 0.05) is 19.5 Å². The summed E-state index contributed by atoms with van der Waals surface area (Å²) in [4.78, 5) is 36.3. The van der Waals surface area contributed by atoms with Crippen LogP contribution in [0.3, 0.4) is 0 Å². The summed E-state index contributed by atoms with van der Waals surface area (Å²) < 4.78 is 4.35. The lowest BCUT2D eigenvalue weighted by Gasteiger charge is -2.18. The van der Waals surface area contributed by atoms with Gasteiger partial charge in [-0.2, -0.15) is 0 Å². The molecule has 2 amide bonds. The van der Waals surface area contributed by atoms with Crippen LogP contribution in [-0.2, 0) is 19.1 Å². The first-order valence-electron chi connectivity index (χ1n) is 6.66. The standard InChI is InChI=1S/C13H22N2O5/c1-8(2)6-15-7-9(4-11(15)17)12(18)14-5-10(16)13(19)20-3/h8-10,16H,4-7H2,1-3H3,(H,14,18). The van der Waals surface area contributed by atoms with Crippen LogP contribution in [0.15, 0.2) is 0 Å². The fourth-order valence-electron chi connectivity index (χ4n) is 2.13. The van der Waals surface area contributed by atoms with Gasteiger partial charge in [0.15, 0.2) is 6.10 Å². The molecule has 0 saturated carbocycles. The minimum atomic E-state index is -1.38. The predicted octanol–water partition coefficient (Wildman–Crippen LogP) is -0.859. The minimum absolute atomic E-state index is 0.0348. The molecule has 1 saturated heterocycles. The second kappa shape index (κ2) is 7.23. The topological polar surface area (TPSA) is 95.9 Å². The van der Waals surface area contributed by atoms with Crippen LogP contribution >= 0.6 is 0 Å². The highest BCUT2D eigenvalue weighted by atomic mass is 16.5. The molecule has 0 bridgehead atoms. The van der Waals surface area contributed by atoms with E-state index in [4.69, 9.17) is 0 Å². The number of amides is 2. The molecule has 7 heteroatoms. The maximum absolute atomic E-state index is 11.9. The Kier molecular flexibility index (Phi) is 5.94. The predicted molar refractivity (Wildman–Crippen MR) is 70.6 cm³/mol. The van der Waals surface area contributed by atoms with Gasteiger partial charge >= 0.3 is 5.97 Å². The van der Waals surface area contributed by atoms with E-state index in [2.05, 4.69) is 10.1 Å². The number of carbonyl (C=O) groups is 3. The van der Waals surface area contributed by atoms with Crippen LogP contribution < -0.4 is 5.32 Å². The van der Waals surface area contributed by atoms with E-state index >= 15 is 0 Å². The van der Waals surface area contributed by atoms with Crippen molar-refractivity contribution in [1.29, 1.82) is 0 Å². The van der Waals surface area contributed by atoms with Gasteiger partial charge < -0.3 is 20.1 Å². The third-order valence-corrected chi connectivity index (χ3v) is 3.11. The molecule has 2 atom stereocenters. The fraction of sp³-hybridized carbons (Fsp3) is 0.769. The summed E-state index contributed by atoms with van der Waals surface area (Å²) in [5.41, 5.74) is 0. The SMILES string of the molecule is COC(=O)C(O)CNC(=O)C1CC(=O)N(CC(C)C)C1. The van der Waals surface area contributed by atoms with Crippen LogP contribution in [0.25, 0.3) is 0 Å². The molecule has 114 valence electrons. The zero-order valence-electron chi connectivity index (χ0n) is 12.1. The highest BCUT2D eigenvalue weighted by Gasteiger charge is 2.34. The molecule has 20 heavy (non-hydrogen) atoms. The monoisotopic (exact) mass is 286 g/mol. The van der Waals surface area contributed by atoms with Gasteiger partial charge in [-0.3, -0.25) is 9.59 Å². The van der Waals surface area contributed by atoms with Crippen molar-refractivity contribution >= 4 is 17.8 Å². The Bertz CT molecular complexity index is 383. The largest absolute Gasteiger partial charge is 0.467 e. The number of methoxy groups -OCH3 is 1. The summed E-state index contributed by atoms with van der Waals surface area (Å²) in [5, 5.41) is 11.8. The van der Waals surface area contributed by atoms with Crippen molar-refractivity contribution in [3.63, 3.8) is 0 Å². The average Bonchev–Trinajstić information content (AvgIpc) is 2.75. The number of hydrogen-bond donors (Lipinski definition) is 2. The molecular weight excluding hydrogens is 264 g/mol. The molecule has 0 aromatic carbocycles. The highest BCUT2D eigenvalue weighted by Crippen LogP contribution is 2.19. The summed E-state index contributed by atoms with van der Waals surface area (Å²) in [7, 11) is 1.16. The number of nitrogens with one attached hydrogen (secondary N) is 1. The van der Waals surface area contributed by atoms with Gasteiger partial charge in [-0.25, -0.2) is 4.79 Å². The molecule has 7 nitrogen and oxygen atoms in total. The average molecular weight is 286 g/mol.